The van der Waals surface area contributed by atoms with E-state index in [1.807, 2.05) is 18.4 Å². The maximum absolute atomic E-state index is 3.25. The Morgan fingerprint density at radius 3 is 2.85 bits per heavy atom. The summed E-state index contributed by atoms with van der Waals surface area (Å²) in [6.45, 7) is 11.7. The molecule has 2 rings (SSSR count). The Morgan fingerprint density at radius 1 is 1.35 bits per heavy atom. The lowest BCUT2D eigenvalue weighted by atomic mass is 9.89. The zero-order chi connectivity index (χ0) is 14.5. The second-order valence-corrected chi connectivity index (χ2v) is 7.88. The van der Waals surface area contributed by atoms with Gasteiger partial charge in [-0.2, -0.15) is 0 Å². The third kappa shape index (κ3) is 4.31. The van der Waals surface area contributed by atoms with Crippen molar-refractivity contribution in [3.8, 4) is 0 Å². The molecule has 0 amide bonds. The summed E-state index contributed by atoms with van der Waals surface area (Å²) in [5.41, 5.74) is 1.54. The highest BCUT2D eigenvalue weighted by Gasteiger charge is 2.20. The lowest BCUT2D eigenvalue weighted by Gasteiger charge is -2.21. The maximum atomic E-state index is 3.25. The van der Waals surface area contributed by atoms with Gasteiger partial charge >= 0.3 is 0 Å². The number of aryl methyl sites for hydroxylation is 1. The van der Waals surface area contributed by atoms with Crippen molar-refractivity contribution in [3.05, 3.63) is 21.4 Å². The molecule has 20 heavy (non-hydrogen) atoms. The molecule has 2 nitrogen and oxygen atoms in total. The lowest BCUT2D eigenvalue weighted by Crippen LogP contribution is -2.24. The Hall–Kier alpha value is -0.380. The van der Waals surface area contributed by atoms with Gasteiger partial charge in [-0.25, -0.2) is 0 Å². The largest absolute Gasteiger partial charge is 0.315 e. The molecule has 0 aliphatic carbocycles. The van der Waals surface area contributed by atoms with Crippen molar-refractivity contribution in [1.29, 1.82) is 0 Å². The van der Waals surface area contributed by atoms with Crippen molar-refractivity contribution >= 4 is 11.3 Å². The Morgan fingerprint density at radius 2 is 2.15 bits per heavy atom. The summed E-state index contributed by atoms with van der Waals surface area (Å²) in [6.07, 6.45) is 4.17. The SMILES string of the molecule is CNCc1cc(CN2CCCC(C(C)C)CC2)c(C)s1. The molecule has 1 saturated heterocycles. The number of rotatable bonds is 5. The van der Waals surface area contributed by atoms with Crippen LogP contribution in [0.4, 0.5) is 0 Å². The first-order valence-electron chi connectivity index (χ1n) is 8.05. The fraction of sp³-hybridized carbons (Fsp3) is 0.765. The smallest absolute Gasteiger partial charge is 0.0296 e. The Balaban J connectivity index is 1.93. The highest BCUT2D eigenvalue weighted by Crippen LogP contribution is 2.27. The highest BCUT2D eigenvalue weighted by molar-refractivity contribution is 7.12. The molecule has 0 bridgehead atoms. The molecule has 1 N–H and O–H groups in total. The van der Waals surface area contributed by atoms with Gasteiger partial charge in [0.15, 0.2) is 0 Å². The fourth-order valence-corrected chi connectivity index (χ4v) is 4.32. The minimum atomic E-state index is 0.847. The number of thiophene rings is 1. The fourth-order valence-electron chi connectivity index (χ4n) is 3.25. The number of nitrogens with one attached hydrogen (secondary N) is 1. The molecule has 1 aliphatic rings. The highest BCUT2D eigenvalue weighted by atomic mass is 32.1. The number of likely N-dealkylation sites (tertiary alicyclic amines) is 1. The third-order valence-corrected chi connectivity index (χ3v) is 5.72. The van der Waals surface area contributed by atoms with E-state index in [4.69, 9.17) is 0 Å². The quantitative estimate of drug-likeness (QED) is 0.882. The van der Waals surface area contributed by atoms with Gasteiger partial charge in [-0.15, -0.1) is 11.3 Å². The van der Waals surface area contributed by atoms with Crippen molar-refractivity contribution in [1.82, 2.24) is 10.2 Å². The predicted molar refractivity (Wildman–Crippen MR) is 89.3 cm³/mol. The summed E-state index contributed by atoms with van der Waals surface area (Å²) in [5.74, 6) is 1.78. The Labute approximate surface area is 128 Å². The van der Waals surface area contributed by atoms with Crippen molar-refractivity contribution in [2.45, 2.75) is 53.1 Å². The number of hydrogen-bond acceptors (Lipinski definition) is 3. The van der Waals surface area contributed by atoms with E-state index >= 15 is 0 Å². The Bertz CT molecular complexity index is 411. The minimum absolute atomic E-state index is 0.847. The summed E-state index contributed by atoms with van der Waals surface area (Å²) in [6, 6.07) is 2.40. The van der Waals surface area contributed by atoms with E-state index in [0.29, 0.717) is 0 Å². The van der Waals surface area contributed by atoms with Crippen LogP contribution in [-0.2, 0) is 13.1 Å². The van der Waals surface area contributed by atoms with Gasteiger partial charge in [0.2, 0.25) is 0 Å². The molecule has 2 heterocycles. The molecule has 0 spiro atoms. The average molecular weight is 295 g/mol. The van der Waals surface area contributed by atoms with Gasteiger partial charge in [0, 0.05) is 22.8 Å². The van der Waals surface area contributed by atoms with Crippen molar-refractivity contribution in [2.24, 2.45) is 11.8 Å². The van der Waals surface area contributed by atoms with Crippen molar-refractivity contribution < 1.29 is 0 Å². The lowest BCUT2D eigenvalue weighted by molar-refractivity contribution is 0.264. The summed E-state index contributed by atoms with van der Waals surface area (Å²) in [4.78, 5) is 5.63. The van der Waals surface area contributed by atoms with Crippen LogP contribution in [0, 0.1) is 18.8 Å². The van der Waals surface area contributed by atoms with Crippen LogP contribution in [-0.4, -0.2) is 25.0 Å². The zero-order valence-electron chi connectivity index (χ0n) is 13.5. The van der Waals surface area contributed by atoms with Gasteiger partial charge in [-0.05, 0) is 69.8 Å². The average Bonchev–Trinajstić information content (AvgIpc) is 2.62. The molecule has 1 fully saturated rings. The summed E-state index contributed by atoms with van der Waals surface area (Å²) < 4.78 is 0. The van der Waals surface area contributed by atoms with E-state index in [0.717, 1.165) is 24.9 Å². The molecule has 1 aliphatic heterocycles. The first-order valence-corrected chi connectivity index (χ1v) is 8.87. The van der Waals surface area contributed by atoms with Crippen LogP contribution in [0.25, 0.3) is 0 Å². The molecule has 1 unspecified atom stereocenters. The van der Waals surface area contributed by atoms with Gasteiger partial charge in [0.1, 0.15) is 0 Å². The van der Waals surface area contributed by atoms with E-state index in [9.17, 15) is 0 Å². The standard InChI is InChI=1S/C17H30N2S/c1-13(2)15-6-5-8-19(9-7-15)12-16-10-17(11-18-4)20-14(16)3/h10,13,15,18H,5-9,11-12H2,1-4H3. The summed E-state index contributed by atoms with van der Waals surface area (Å²) in [7, 11) is 2.02. The molecule has 114 valence electrons. The topological polar surface area (TPSA) is 15.3 Å². The van der Waals surface area contributed by atoms with E-state index < -0.39 is 0 Å². The van der Waals surface area contributed by atoms with Gasteiger partial charge in [-0.3, -0.25) is 4.90 Å². The predicted octanol–water partition coefficient (Wildman–Crippen LogP) is 4.03. The molecule has 1 aromatic rings. The van der Waals surface area contributed by atoms with Crippen molar-refractivity contribution in [3.63, 3.8) is 0 Å². The van der Waals surface area contributed by atoms with Crippen molar-refractivity contribution in [2.75, 3.05) is 20.1 Å². The van der Waals surface area contributed by atoms with E-state index in [2.05, 4.69) is 37.1 Å². The molecular weight excluding hydrogens is 264 g/mol. The number of hydrogen-bond donors (Lipinski definition) is 1. The molecule has 1 atom stereocenters. The van der Waals surface area contributed by atoms with Crippen LogP contribution >= 0.6 is 11.3 Å². The second-order valence-electron chi connectivity index (χ2n) is 6.54. The summed E-state index contributed by atoms with van der Waals surface area (Å²) in [5, 5.41) is 3.25. The van der Waals surface area contributed by atoms with E-state index in [1.54, 1.807) is 5.56 Å². The normalized spacial score (nSPS) is 21.4. The van der Waals surface area contributed by atoms with Gasteiger partial charge in [0.25, 0.3) is 0 Å². The third-order valence-electron chi connectivity index (χ3n) is 4.62. The second kappa shape index (κ2) is 7.58. The molecule has 0 saturated carbocycles. The van der Waals surface area contributed by atoms with Crippen LogP contribution < -0.4 is 5.32 Å². The van der Waals surface area contributed by atoms with Gasteiger partial charge < -0.3 is 5.32 Å². The molecule has 0 radical (unpaired) electrons. The first-order chi connectivity index (χ1) is 9.60. The molecular formula is C17H30N2S. The van der Waals surface area contributed by atoms with Crippen LogP contribution in [0.15, 0.2) is 6.07 Å². The maximum Gasteiger partial charge on any atom is 0.0296 e. The molecule has 0 aromatic carbocycles. The van der Waals surface area contributed by atoms with Crippen LogP contribution in [0.3, 0.4) is 0 Å². The molecule has 1 aromatic heterocycles. The Kier molecular flexibility index (Phi) is 6.06. The van der Waals surface area contributed by atoms with Gasteiger partial charge in [0.05, 0.1) is 0 Å². The monoisotopic (exact) mass is 294 g/mol. The van der Waals surface area contributed by atoms with Crippen LogP contribution in [0.2, 0.25) is 0 Å². The minimum Gasteiger partial charge on any atom is -0.315 e. The first kappa shape index (κ1) is 16.0. The van der Waals surface area contributed by atoms with Crippen LogP contribution in [0.1, 0.15) is 48.4 Å². The molecule has 3 heteroatoms. The van der Waals surface area contributed by atoms with Gasteiger partial charge in [-0.1, -0.05) is 13.8 Å². The summed E-state index contributed by atoms with van der Waals surface area (Å²) >= 11 is 1.95. The zero-order valence-corrected chi connectivity index (χ0v) is 14.4. The van der Waals surface area contributed by atoms with E-state index in [1.165, 1.54) is 42.1 Å². The van der Waals surface area contributed by atoms with Crippen LogP contribution in [0.5, 0.6) is 0 Å². The van der Waals surface area contributed by atoms with E-state index in [-0.39, 0.29) is 0 Å². The number of nitrogens with zero attached hydrogens (tertiary/aromatic N) is 1.